The van der Waals surface area contributed by atoms with E-state index in [9.17, 15) is 0 Å². The Kier molecular flexibility index (Phi) is 2.10. The highest BCUT2D eigenvalue weighted by atomic mass is 14.1. The highest BCUT2D eigenvalue weighted by Gasteiger charge is 2.02. The molecule has 0 aromatic carbocycles. The maximum Gasteiger partial charge on any atom is -0.0166 e. The summed E-state index contributed by atoms with van der Waals surface area (Å²) in [5.41, 5.74) is 1.54. The molecule has 1 aliphatic rings. The van der Waals surface area contributed by atoms with Crippen LogP contribution in [0.5, 0.6) is 0 Å². The van der Waals surface area contributed by atoms with E-state index in [1.165, 1.54) is 6.42 Å². The first-order chi connectivity index (χ1) is 4.30. The van der Waals surface area contributed by atoms with Crippen molar-refractivity contribution >= 4 is 0 Å². The van der Waals surface area contributed by atoms with Crippen LogP contribution < -0.4 is 0 Å². The molecule has 0 aromatic heterocycles. The fraction of sp³-hybridized carbons (Fsp3) is 0.556. The molecule has 0 heteroatoms. The maximum absolute atomic E-state index is 2.31. The Bertz CT molecular complexity index is 140. The summed E-state index contributed by atoms with van der Waals surface area (Å²) in [6.07, 6.45) is 9.19. The van der Waals surface area contributed by atoms with Gasteiger partial charge in [0.2, 0.25) is 0 Å². The molecule has 0 radical (unpaired) electrons. The lowest BCUT2D eigenvalue weighted by atomic mass is 10.0. The summed E-state index contributed by atoms with van der Waals surface area (Å²) >= 11 is 0. The molecule has 1 rings (SSSR count). The third kappa shape index (κ3) is 1.70. The number of hydrogen-bond donors (Lipinski definition) is 0. The summed E-state index contributed by atoms with van der Waals surface area (Å²) in [4.78, 5) is 0. The van der Waals surface area contributed by atoms with Crippen molar-refractivity contribution in [1.82, 2.24) is 0 Å². The van der Waals surface area contributed by atoms with Gasteiger partial charge in [0, 0.05) is 0 Å². The van der Waals surface area contributed by atoms with Crippen molar-refractivity contribution in [3.63, 3.8) is 0 Å². The lowest BCUT2D eigenvalue weighted by Gasteiger charge is -2.05. The van der Waals surface area contributed by atoms with Crippen molar-refractivity contribution < 1.29 is 0 Å². The normalized spacial score (nSPS) is 27.3. The second-order valence-corrected chi connectivity index (χ2v) is 2.79. The van der Waals surface area contributed by atoms with Gasteiger partial charge >= 0.3 is 0 Å². The van der Waals surface area contributed by atoms with E-state index in [1.807, 2.05) is 0 Å². The first kappa shape index (κ1) is 6.60. The van der Waals surface area contributed by atoms with Crippen molar-refractivity contribution in [2.75, 3.05) is 0 Å². The van der Waals surface area contributed by atoms with Gasteiger partial charge in [0.05, 0.1) is 0 Å². The molecule has 0 fully saturated rings. The number of hydrogen-bond acceptors (Lipinski definition) is 0. The molecule has 1 unspecified atom stereocenters. The lowest BCUT2D eigenvalue weighted by molar-refractivity contribution is 0.698. The van der Waals surface area contributed by atoms with Crippen LogP contribution in [0.2, 0.25) is 0 Å². The average Bonchev–Trinajstić information content (AvgIpc) is 1.99. The summed E-state index contributed by atoms with van der Waals surface area (Å²) in [6.45, 7) is 4.50. The van der Waals surface area contributed by atoms with E-state index < -0.39 is 0 Å². The topological polar surface area (TPSA) is 0 Å². The molecule has 0 bridgehead atoms. The predicted octanol–water partition coefficient (Wildman–Crippen LogP) is 2.92. The van der Waals surface area contributed by atoms with Crippen LogP contribution in [0, 0.1) is 5.92 Å². The largest absolute Gasteiger partial charge is 0.0876 e. The zero-order valence-corrected chi connectivity index (χ0v) is 6.22. The zero-order valence-electron chi connectivity index (χ0n) is 6.22. The van der Waals surface area contributed by atoms with E-state index in [-0.39, 0.29) is 0 Å². The minimum absolute atomic E-state index is 0.767. The van der Waals surface area contributed by atoms with Gasteiger partial charge in [0.25, 0.3) is 0 Å². The molecule has 0 saturated carbocycles. The fourth-order valence-electron chi connectivity index (χ4n) is 1.04. The van der Waals surface area contributed by atoms with Crippen LogP contribution in [0.3, 0.4) is 0 Å². The number of allylic oxidation sites excluding steroid dienone is 4. The Labute approximate surface area is 57.3 Å². The van der Waals surface area contributed by atoms with Crippen LogP contribution in [-0.4, -0.2) is 0 Å². The van der Waals surface area contributed by atoms with Gasteiger partial charge in [-0.25, -0.2) is 0 Å². The Balaban J connectivity index is 2.62. The average molecular weight is 122 g/mol. The van der Waals surface area contributed by atoms with Gasteiger partial charge in [0.1, 0.15) is 0 Å². The highest BCUT2D eigenvalue weighted by molar-refractivity contribution is 5.10. The van der Waals surface area contributed by atoms with Gasteiger partial charge < -0.3 is 0 Å². The third-order valence-electron chi connectivity index (χ3n) is 2.01. The monoisotopic (exact) mass is 122 g/mol. The smallest absolute Gasteiger partial charge is 0.0166 e. The third-order valence-corrected chi connectivity index (χ3v) is 2.01. The van der Waals surface area contributed by atoms with E-state index in [1.54, 1.807) is 5.57 Å². The SMILES string of the molecule is CC1=CCC=CCC1C. The van der Waals surface area contributed by atoms with Crippen molar-refractivity contribution in [3.8, 4) is 0 Å². The van der Waals surface area contributed by atoms with E-state index in [0.717, 1.165) is 12.3 Å². The minimum atomic E-state index is 0.767. The van der Waals surface area contributed by atoms with Crippen LogP contribution in [-0.2, 0) is 0 Å². The minimum Gasteiger partial charge on any atom is -0.0876 e. The molecule has 0 N–H and O–H groups in total. The summed E-state index contributed by atoms with van der Waals surface area (Å²) < 4.78 is 0. The van der Waals surface area contributed by atoms with Crippen molar-refractivity contribution in [1.29, 1.82) is 0 Å². The van der Waals surface area contributed by atoms with Crippen molar-refractivity contribution in [3.05, 3.63) is 23.8 Å². The quantitative estimate of drug-likeness (QED) is 0.433. The summed E-state index contributed by atoms with van der Waals surface area (Å²) in [5.74, 6) is 0.767. The Morgan fingerprint density at radius 1 is 1.44 bits per heavy atom. The standard InChI is InChI=1S/C9H14/c1-8-6-4-3-5-7-9(8)2/h3-4,7-8H,5-6H2,1-2H3. The molecule has 50 valence electrons. The lowest BCUT2D eigenvalue weighted by Crippen LogP contribution is -1.91. The molecular formula is C9H14. The van der Waals surface area contributed by atoms with Crippen molar-refractivity contribution in [2.24, 2.45) is 5.92 Å². The second-order valence-electron chi connectivity index (χ2n) is 2.79. The second kappa shape index (κ2) is 2.86. The van der Waals surface area contributed by atoms with Crippen molar-refractivity contribution in [2.45, 2.75) is 26.7 Å². The van der Waals surface area contributed by atoms with Gasteiger partial charge in [-0.05, 0) is 25.7 Å². The molecule has 9 heavy (non-hydrogen) atoms. The predicted molar refractivity (Wildman–Crippen MR) is 41.3 cm³/mol. The molecule has 0 aromatic rings. The highest BCUT2D eigenvalue weighted by Crippen LogP contribution is 2.17. The fourth-order valence-corrected chi connectivity index (χ4v) is 1.04. The van der Waals surface area contributed by atoms with Gasteiger partial charge in [-0.1, -0.05) is 30.7 Å². The summed E-state index contributed by atoms with van der Waals surface area (Å²) in [7, 11) is 0. The van der Waals surface area contributed by atoms with Gasteiger partial charge in [-0.3, -0.25) is 0 Å². The molecular weight excluding hydrogens is 108 g/mol. The molecule has 0 heterocycles. The van der Waals surface area contributed by atoms with E-state index >= 15 is 0 Å². The van der Waals surface area contributed by atoms with Gasteiger partial charge in [-0.15, -0.1) is 0 Å². The van der Waals surface area contributed by atoms with E-state index in [2.05, 4.69) is 32.1 Å². The molecule has 0 aliphatic heterocycles. The molecule has 0 nitrogen and oxygen atoms in total. The molecule has 0 amide bonds. The van der Waals surface area contributed by atoms with E-state index in [4.69, 9.17) is 0 Å². The first-order valence-corrected chi connectivity index (χ1v) is 3.62. The van der Waals surface area contributed by atoms with Crippen LogP contribution in [0.1, 0.15) is 26.7 Å². The summed E-state index contributed by atoms with van der Waals surface area (Å²) in [6, 6.07) is 0. The molecule has 1 atom stereocenters. The molecule has 0 saturated heterocycles. The Hall–Kier alpha value is -0.520. The van der Waals surface area contributed by atoms with Gasteiger partial charge in [0.15, 0.2) is 0 Å². The van der Waals surface area contributed by atoms with Crippen LogP contribution in [0.4, 0.5) is 0 Å². The Morgan fingerprint density at radius 2 is 2.22 bits per heavy atom. The maximum atomic E-state index is 2.31. The van der Waals surface area contributed by atoms with Crippen LogP contribution in [0.15, 0.2) is 23.8 Å². The van der Waals surface area contributed by atoms with Gasteiger partial charge in [-0.2, -0.15) is 0 Å². The molecule has 1 aliphatic carbocycles. The number of rotatable bonds is 0. The summed E-state index contributed by atoms with van der Waals surface area (Å²) in [5, 5.41) is 0. The Morgan fingerprint density at radius 3 is 3.00 bits per heavy atom. The van der Waals surface area contributed by atoms with Crippen LogP contribution in [0.25, 0.3) is 0 Å². The first-order valence-electron chi connectivity index (χ1n) is 3.62. The molecule has 0 spiro atoms. The van der Waals surface area contributed by atoms with E-state index in [0.29, 0.717) is 0 Å². The zero-order chi connectivity index (χ0) is 6.69. The van der Waals surface area contributed by atoms with Crippen LogP contribution >= 0.6 is 0 Å².